The number of morpholine rings is 1. The van der Waals surface area contributed by atoms with Crippen molar-refractivity contribution in [3.63, 3.8) is 0 Å². The van der Waals surface area contributed by atoms with Crippen molar-refractivity contribution in [2.24, 2.45) is 10.5 Å². The van der Waals surface area contributed by atoms with E-state index in [-0.39, 0.29) is 37.6 Å². The predicted octanol–water partition coefficient (Wildman–Crippen LogP) is 0.653. The molecule has 0 spiro atoms. The number of ether oxygens (including phenoxy) is 3. The van der Waals surface area contributed by atoms with Gasteiger partial charge in [-0.2, -0.15) is 5.10 Å². The Hall–Kier alpha value is -3.47. The molecule has 11 nitrogen and oxygen atoms in total. The molecule has 3 aliphatic heterocycles. The number of amides is 4. The third kappa shape index (κ3) is 4.60. The zero-order valence-corrected chi connectivity index (χ0v) is 20.4. The van der Waals surface area contributed by atoms with Gasteiger partial charge in [0.2, 0.25) is 5.91 Å². The van der Waals surface area contributed by atoms with Crippen LogP contribution in [0.2, 0.25) is 0 Å². The lowest BCUT2D eigenvalue weighted by Gasteiger charge is -2.36. The minimum absolute atomic E-state index is 0.100. The van der Waals surface area contributed by atoms with Crippen LogP contribution in [0.5, 0.6) is 11.5 Å². The van der Waals surface area contributed by atoms with E-state index in [0.29, 0.717) is 43.1 Å². The first-order valence-corrected chi connectivity index (χ1v) is 11.5. The van der Waals surface area contributed by atoms with E-state index >= 15 is 0 Å². The van der Waals surface area contributed by atoms with Crippen LogP contribution in [0.1, 0.15) is 32.3 Å². The second-order valence-electron chi connectivity index (χ2n) is 9.27. The highest BCUT2D eigenvalue weighted by Gasteiger charge is 2.47. The Bertz CT molecular complexity index is 1060. The van der Waals surface area contributed by atoms with Gasteiger partial charge in [0.15, 0.2) is 11.5 Å². The number of carbonyl (C=O) groups is 4. The SMILES string of the molecule is COc1ccc(C2=NN(C3CCN(C(=O)CN4C(=O)COCC4=O)CC3)C(=O)C2(C)C)cc1OC. The molecule has 3 heterocycles. The number of rotatable bonds is 6. The molecule has 0 unspecified atom stereocenters. The van der Waals surface area contributed by atoms with Crippen LogP contribution in [0.4, 0.5) is 0 Å². The van der Waals surface area contributed by atoms with E-state index in [1.165, 1.54) is 0 Å². The molecule has 0 aromatic heterocycles. The van der Waals surface area contributed by atoms with Gasteiger partial charge in [-0.15, -0.1) is 0 Å². The summed E-state index contributed by atoms with van der Waals surface area (Å²) in [5.41, 5.74) is 0.589. The van der Waals surface area contributed by atoms with Gasteiger partial charge in [-0.1, -0.05) is 0 Å². The summed E-state index contributed by atoms with van der Waals surface area (Å²) in [6.07, 6.45) is 1.09. The van der Waals surface area contributed by atoms with E-state index in [2.05, 4.69) is 0 Å². The van der Waals surface area contributed by atoms with Crippen LogP contribution in [0.25, 0.3) is 0 Å². The first-order valence-electron chi connectivity index (χ1n) is 11.5. The fraction of sp³-hybridized carbons (Fsp3) is 0.542. The minimum Gasteiger partial charge on any atom is -0.493 e. The van der Waals surface area contributed by atoms with Crippen molar-refractivity contribution >= 4 is 29.3 Å². The van der Waals surface area contributed by atoms with E-state index < -0.39 is 17.2 Å². The molecule has 0 saturated carbocycles. The van der Waals surface area contributed by atoms with Crippen molar-refractivity contribution in [1.29, 1.82) is 0 Å². The number of imide groups is 1. The largest absolute Gasteiger partial charge is 0.493 e. The molecule has 4 amide bonds. The minimum atomic E-state index is -0.830. The van der Waals surface area contributed by atoms with Gasteiger partial charge in [-0.05, 0) is 44.9 Å². The molecule has 0 atom stereocenters. The normalized spacial score (nSPS) is 20.9. The Balaban J connectivity index is 1.44. The molecule has 1 aromatic carbocycles. The van der Waals surface area contributed by atoms with Gasteiger partial charge >= 0.3 is 0 Å². The number of methoxy groups -OCH3 is 2. The van der Waals surface area contributed by atoms with Crippen molar-refractivity contribution in [3.05, 3.63) is 23.8 Å². The number of nitrogens with zero attached hydrogens (tertiary/aromatic N) is 4. The van der Waals surface area contributed by atoms with E-state index in [1.807, 2.05) is 26.0 Å². The molecule has 0 bridgehead atoms. The first kappa shape index (κ1) is 24.6. The van der Waals surface area contributed by atoms with Gasteiger partial charge in [0, 0.05) is 18.7 Å². The van der Waals surface area contributed by atoms with Gasteiger partial charge in [0.25, 0.3) is 17.7 Å². The predicted molar refractivity (Wildman–Crippen MR) is 124 cm³/mol. The quantitative estimate of drug-likeness (QED) is 0.542. The summed E-state index contributed by atoms with van der Waals surface area (Å²) in [6, 6.07) is 5.29. The zero-order chi connectivity index (χ0) is 25.3. The first-order chi connectivity index (χ1) is 16.7. The monoisotopic (exact) mass is 486 g/mol. The lowest BCUT2D eigenvalue weighted by atomic mass is 9.83. The average molecular weight is 487 g/mol. The summed E-state index contributed by atoms with van der Waals surface area (Å²) in [5, 5.41) is 6.26. The highest BCUT2D eigenvalue weighted by atomic mass is 16.5. The highest BCUT2D eigenvalue weighted by molar-refractivity contribution is 6.19. The van der Waals surface area contributed by atoms with Crippen LogP contribution in [-0.2, 0) is 23.9 Å². The number of likely N-dealkylation sites (tertiary alicyclic amines) is 1. The van der Waals surface area contributed by atoms with Crippen LogP contribution < -0.4 is 9.47 Å². The number of piperidine rings is 1. The van der Waals surface area contributed by atoms with Crippen molar-refractivity contribution < 1.29 is 33.4 Å². The van der Waals surface area contributed by atoms with Crippen LogP contribution >= 0.6 is 0 Å². The maximum absolute atomic E-state index is 13.3. The lowest BCUT2D eigenvalue weighted by Crippen LogP contribution is -2.53. The summed E-state index contributed by atoms with van der Waals surface area (Å²) in [5.74, 6) is -0.268. The van der Waals surface area contributed by atoms with Crippen molar-refractivity contribution in [2.45, 2.75) is 32.7 Å². The van der Waals surface area contributed by atoms with Crippen LogP contribution in [0.15, 0.2) is 23.3 Å². The molecule has 0 N–H and O–H groups in total. The molecule has 35 heavy (non-hydrogen) atoms. The molecule has 1 aromatic rings. The Morgan fingerprint density at radius 3 is 2.29 bits per heavy atom. The molecular formula is C24H30N4O7. The third-order valence-electron chi connectivity index (χ3n) is 6.71. The number of benzene rings is 1. The average Bonchev–Trinajstić information content (AvgIpc) is 3.09. The number of hydrazone groups is 1. The third-order valence-corrected chi connectivity index (χ3v) is 6.71. The van der Waals surface area contributed by atoms with E-state index in [9.17, 15) is 19.2 Å². The molecule has 3 aliphatic rings. The van der Waals surface area contributed by atoms with Gasteiger partial charge in [-0.25, -0.2) is 5.01 Å². The Labute approximate surface area is 203 Å². The molecule has 0 aliphatic carbocycles. The van der Waals surface area contributed by atoms with Crippen molar-refractivity contribution in [2.75, 3.05) is 47.1 Å². The van der Waals surface area contributed by atoms with Gasteiger partial charge in [0.05, 0.1) is 31.4 Å². The summed E-state index contributed by atoms with van der Waals surface area (Å²) < 4.78 is 15.6. The van der Waals surface area contributed by atoms with E-state index in [1.54, 1.807) is 30.2 Å². The molecule has 188 valence electrons. The summed E-state index contributed by atoms with van der Waals surface area (Å²) >= 11 is 0. The van der Waals surface area contributed by atoms with Crippen LogP contribution in [0.3, 0.4) is 0 Å². The number of hydrogen-bond donors (Lipinski definition) is 0. The fourth-order valence-corrected chi connectivity index (χ4v) is 4.61. The standard InChI is InChI=1S/C24H30N4O7/c1-24(2)22(15-5-6-17(33-3)18(11-15)34-4)25-28(23(24)32)16-7-9-26(10-8-16)19(29)12-27-20(30)13-35-14-21(27)31/h5-6,11,16H,7-10,12-14H2,1-4H3. The molecule has 2 fully saturated rings. The zero-order valence-electron chi connectivity index (χ0n) is 20.4. The Kier molecular flexibility index (Phi) is 6.79. The molecule has 4 rings (SSSR count). The van der Waals surface area contributed by atoms with E-state index in [4.69, 9.17) is 19.3 Å². The topological polar surface area (TPSA) is 118 Å². The maximum atomic E-state index is 13.3. The molecule has 0 radical (unpaired) electrons. The lowest BCUT2D eigenvalue weighted by molar-refractivity contribution is -0.162. The van der Waals surface area contributed by atoms with Gasteiger partial charge < -0.3 is 19.1 Å². The van der Waals surface area contributed by atoms with Crippen molar-refractivity contribution in [1.82, 2.24) is 14.8 Å². The summed E-state index contributed by atoms with van der Waals surface area (Å²) in [7, 11) is 3.12. The second kappa shape index (κ2) is 9.65. The maximum Gasteiger partial charge on any atom is 0.255 e. The molecule has 11 heteroatoms. The Morgan fingerprint density at radius 1 is 1.06 bits per heavy atom. The summed E-state index contributed by atoms with van der Waals surface area (Å²) in [6.45, 7) is 3.81. The Morgan fingerprint density at radius 2 is 1.69 bits per heavy atom. The van der Waals surface area contributed by atoms with Crippen LogP contribution in [0, 0.1) is 5.41 Å². The van der Waals surface area contributed by atoms with Crippen LogP contribution in [-0.4, -0.2) is 97.3 Å². The second-order valence-corrected chi connectivity index (χ2v) is 9.27. The smallest absolute Gasteiger partial charge is 0.255 e. The molecule has 2 saturated heterocycles. The fourth-order valence-electron chi connectivity index (χ4n) is 4.61. The van der Waals surface area contributed by atoms with Crippen molar-refractivity contribution in [3.8, 4) is 11.5 Å². The van der Waals surface area contributed by atoms with Gasteiger partial charge in [-0.3, -0.25) is 24.1 Å². The number of carbonyl (C=O) groups excluding carboxylic acids is 4. The number of hydrogen-bond acceptors (Lipinski definition) is 8. The summed E-state index contributed by atoms with van der Waals surface area (Å²) in [4.78, 5) is 52.4. The van der Waals surface area contributed by atoms with E-state index in [0.717, 1.165) is 10.5 Å². The molecular weight excluding hydrogens is 456 g/mol. The van der Waals surface area contributed by atoms with Gasteiger partial charge in [0.1, 0.15) is 19.8 Å². The highest BCUT2D eigenvalue weighted by Crippen LogP contribution is 2.37.